The Balaban J connectivity index is 2.19. The van der Waals surface area contributed by atoms with Crippen molar-refractivity contribution in [2.24, 2.45) is 0 Å². The summed E-state index contributed by atoms with van der Waals surface area (Å²) in [6.07, 6.45) is 2.16. The number of hydroxylamine groups is 2. The zero-order valence-electron chi connectivity index (χ0n) is 7.49. The molecule has 0 aromatic carbocycles. The van der Waals surface area contributed by atoms with Gasteiger partial charge in [-0.1, -0.05) is 0 Å². The van der Waals surface area contributed by atoms with Crippen LogP contribution in [0.5, 0.6) is 0 Å². The van der Waals surface area contributed by atoms with Crippen LogP contribution in [0.4, 0.5) is 4.79 Å². The van der Waals surface area contributed by atoms with Gasteiger partial charge in [0.2, 0.25) is 0 Å². The third-order valence-corrected chi connectivity index (χ3v) is 2.82. The summed E-state index contributed by atoms with van der Waals surface area (Å²) in [7, 11) is 1.56. The number of carbonyl (C=O) groups is 1. The highest BCUT2D eigenvalue weighted by Gasteiger charge is 2.43. The number of urea groups is 1. The molecule has 4 heteroatoms. The highest BCUT2D eigenvalue weighted by Crippen LogP contribution is 2.28. The number of nitrogens with zero attached hydrogens (tertiary/aromatic N) is 2. The van der Waals surface area contributed by atoms with Gasteiger partial charge in [-0.05, 0) is 19.8 Å². The minimum Gasteiger partial charge on any atom is -0.318 e. The maximum atomic E-state index is 11.6. The molecule has 68 valence electrons. The molecule has 0 saturated carbocycles. The Morgan fingerprint density at radius 3 is 2.83 bits per heavy atom. The van der Waals surface area contributed by atoms with Crippen molar-refractivity contribution in [3.8, 4) is 0 Å². The Labute approximate surface area is 72.0 Å². The quantitative estimate of drug-likeness (QED) is 0.584. The van der Waals surface area contributed by atoms with Gasteiger partial charge in [-0.3, -0.25) is 4.84 Å². The highest BCUT2D eigenvalue weighted by atomic mass is 16.7. The van der Waals surface area contributed by atoms with Crippen molar-refractivity contribution in [1.29, 1.82) is 0 Å². The number of hydrogen-bond acceptors (Lipinski definition) is 2. The molecule has 2 aliphatic rings. The minimum atomic E-state index is 0.0347. The lowest BCUT2D eigenvalue weighted by Gasteiger charge is -2.26. The number of hydrogen-bond donors (Lipinski definition) is 0. The smallest absolute Gasteiger partial charge is 0.318 e. The summed E-state index contributed by atoms with van der Waals surface area (Å²) in [4.78, 5) is 18.5. The zero-order valence-corrected chi connectivity index (χ0v) is 7.49. The molecule has 0 aromatic rings. The Morgan fingerprint density at radius 1 is 1.50 bits per heavy atom. The third-order valence-electron chi connectivity index (χ3n) is 2.82. The van der Waals surface area contributed by atoms with Gasteiger partial charge < -0.3 is 4.90 Å². The van der Waals surface area contributed by atoms with E-state index >= 15 is 0 Å². The predicted octanol–water partition coefficient (Wildman–Crippen LogP) is 0.836. The average molecular weight is 170 g/mol. The monoisotopic (exact) mass is 170 g/mol. The van der Waals surface area contributed by atoms with Crippen LogP contribution in [-0.4, -0.2) is 41.7 Å². The van der Waals surface area contributed by atoms with E-state index in [-0.39, 0.29) is 6.03 Å². The fourth-order valence-corrected chi connectivity index (χ4v) is 2.06. The van der Waals surface area contributed by atoms with Gasteiger partial charge in [-0.15, -0.1) is 0 Å². The summed E-state index contributed by atoms with van der Waals surface area (Å²) in [6.45, 7) is 2.93. The van der Waals surface area contributed by atoms with Gasteiger partial charge in [0.1, 0.15) is 0 Å². The maximum absolute atomic E-state index is 11.6. The van der Waals surface area contributed by atoms with Crippen molar-refractivity contribution in [2.45, 2.75) is 31.8 Å². The van der Waals surface area contributed by atoms with Crippen molar-refractivity contribution in [3.05, 3.63) is 0 Å². The van der Waals surface area contributed by atoms with Gasteiger partial charge in [0.05, 0.1) is 13.2 Å². The molecule has 2 heterocycles. The highest BCUT2D eigenvalue weighted by molar-refractivity contribution is 5.76. The molecule has 0 radical (unpaired) electrons. The second-order valence-electron chi connectivity index (χ2n) is 3.52. The van der Waals surface area contributed by atoms with Gasteiger partial charge in [0.15, 0.2) is 0 Å². The van der Waals surface area contributed by atoms with Crippen LogP contribution in [0.15, 0.2) is 0 Å². The van der Waals surface area contributed by atoms with Gasteiger partial charge in [0, 0.05) is 12.6 Å². The standard InChI is InChI=1S/C8H14N2O2/c1-6-3-4-7-5-9(6)8(11)10(7)12-2/h6-7H,3-5H2,1-2H3/t6-,7-/m1/s1. The molecule has 2 aliphatic heterocycles. The molecule has 2 fully saturated rings. The number of fused-ring (bicyclic) bond motifs is 2. The summed E-state index contributed by atoms with van der Waals surface area (Å²) in [5.74, 6) is 0. The number of piperidine rings is 1. The van der Waals surface area contributed by atoms with Crippen molar-refractivity contribution < 1.29 is 9.63 Å². The van der Waals surface area contributed by atoms with E-state index in [2.05, 4.69) is 6.92 Å². The van der Waals surface area contributed by atoms with E-state index in [1.807, 2.05) is 4.90 Å². The maximum Gasteiger partial charge on any atom is 0.344 e. The SMILES string of the molecule is CON1C(=O)N2C[C@H]1CC[C@H]2C. The summed E-state index contributed by atoms with van der Waals surface area (Å²) >= 11 is 0. The molecule has 12 heavy (non-hydrogen) atoms. The van der Waals surface area contributed by atoms with Gasteiger partial charge in [0.25, 0.3) is 0 Å². The normalized spacial score (nSPS) is 34.7. The average Bonchev–Trinajstić information content (AvgIpc) is 2.33. The second-order valence-corrected chi connectivity index (χ2v) is 3.52. The molecule has 0 spiro atoms. The summed E-state index contributed by atoms with van der Waals surface area (Å²) < 4.78 is 0. The lowest BCUT2D eigenvalue weighted by Crippen LogP contribution is -2.37. The van der Waals surface area contributed by atoms with Crippen LogP contribution in [-0.2, 0) is 4.84 Å². The first-order valence-corrected chi connectivity index (χ1v) is 4.38. The predicted molar refractivity (Wildman–Crippen MR) is 43.4 cm³/mol. The minimum absolute atomic E-state index is 0.0347. The molecule has 2 atom stereocenters. The zero-order chi connectivity index (χ0) is 8.72. The number of rotatable bonds is 1. The van der Waals surface area contributed by atoms with Crippen LogP contribution in [0.25, 0.3) is 0 Å². The lowest BCUT2D eigenvalue weighted by atomic mass is 10.0. The Morgan fingerprint density at radius 2 is 2.25 bits per heavy atom. The topological polar surface area (TPSA) is 32.8 Å². The van der Waals surface area contributed by atoms with E-state index in [1.54, 1.807) is 7.11 Å². The van der Waals surface area contributed by atoms with Crippen molar-refractivity contribution in [1.82, 2.24) is 9.96 Å². The van der Waals surface area contributed by atoms with Gasteiger partial charge >= 0.3 is 6.03 Å². The molecule has 0 N–H and O–H groups in total. The molecular formula is C8H14N2O2. The van der Waals surface area contributed by atoms with Crippen molar-refractivity contribution in [3.63, 3.8) is 0 Å². The van der Waals surface area contributed by atoms with E-state index in [0.29, 0.717) is 12.1 Å². The summed E-state index contributed by atoms with van der Waals surface area (Å²) in [5, 5.41) is 1.50. The first-order valence-electron chi connectivity index (χ1n) is 4.38. The molecule has 2 bridgehead atoms. The van der Waals surface area contributed by atoms with E-state index in [0.717, 1.165) is 19.4 Å². The summed E-state index contributed by atoms with van der Waals surface area (Å²) in [6, 6.07) is 0.708. The van der Waals surface area contributed by atoms with E-state index in [4.69, 9.17) is 4.84 Å². The van der Waals surface area contributed by atoms with Crippen LogP contribution < -0.4 is 0 Å². The van der Waals surface area contributed by atoms with Gasteiger partial charge in [-0.2, -0.15) is 5.06 Å². The van der Waals surface area contributed by atoms with Crippen LogP contribution in [0, 0.1) is 0 Å². The molecule has 0 aliphatic carbocycles. The fraction of sp³-hybridized carbons (Fsp3) is 0.875. The molecule has 0 unspecified atom stereocenters. The van der Waals surface area contributed by atoms with Crippen LogP contribution in [0.2, 0.25) is 0 Å². The molecule has 4 nitrogen and oxygen atoms in total. The van der Waals surface area contributed by atoms with E-state index in [1.165, 1.54) is 5.06 Å². The first kappa shape index (κ1) is 7.86. The Kier molecular flexibility index (Phi) is 1.72. The molecule has 2 rings (SSSR count). The molecule has 2 saturated heterocycles. The van der Waals surface area contributed by atoms with Crippen LogP contribution in [0.1, 0.15) is 19.8 Å². The largest absolute Gasteiger partial charge is 0.344 e. The van der Waals surface area contributed by atoms with E-state index in [9.17, 15) is 4.79 Å². The van der Waals surface area contributed by atoms with Crippen molar-refractivity contribution >= 4 is 6.03 Å². The number of carbonyl (C=O) groups excluding carboxylic acids is 1. The Bertz CT molecular complexity index is 203. The molecule has 2 amide bonds. The summed E-state index contributed by atoms with van der Waals surface area (Å²) in [5.41, 5.74) is 0. The van der Waals surface area contributed by atoms with Crippen LogP contribution in [0.3, 0.4) is 0 Å². The van der Waals surface area contributed by atoms with Crippen molar-refractivity contribution in [2.75, 3.05) is 13.7 Å². The van der Waals surface area contributed by atoms with E-state index < -0.39 is 0 Å². The molecule has 0 aromatic heterocycles. The Hall–Kier alpha value is -0.770. The fourth-order valence-electron chi connectivity index (χ4n) is 2.06. The third kappa shape index (κ3) is 0.909. The molecular weight excluding hydrogens is 156 g/mol. The first-order chi connectivity index (χ1) is 5.74. The van der Waals surface area contributed by atoms with Crippen LogP contribution >= 0.6 is 0 Å². The second kappa shape index (κ2) is 2.62. The van der Waals surface area contributed by atoms with Gasteiger partial charge in [-0.25, -0.2) is 4.79 Å². The number of amides is 2. The lowest BCUT2D eigenvalue weighted by molar-refractivity contribution is -0.0997.